The summed E-state index contributed by atoms with van der Waals surface area (Å²) in [5.41, 5.74) is 10.6. The molecule has 6 rings (SSSR count). The van der Waals surface area contributed by atoms with E-state index in [9.17, 15) is 19.5 Å². The third-order valence-electron chi connectivity index (χ3n) is 10.0. The van der Waals surface area contributed by atoms with Crippen molar-refractivity contribution in [3.63, 3.8) is 0 Å². The highest BCUT2D eigenvalue weighted by Gasteiger charge is 2.40. The Labute approximate surface area is 298 Å². The molecule has 0 spiro atoms. The summed E-state index contributed by atoms with van der Waals surface area (Å²) in [6.45, 7) is 8.07. The molecular weight excluding hydrogens is 648 g/mol. The minimum Gasteiger partial charge on any atom is -0.453 e. The van der Waals surface area contributed by atoms with E-state index in [2.05, 4.69) is 49.5 Å². The number of aromatic amines is 2. The van der Waals surface area contributed by atoms with E-state index in [1.807, 2.05) is 38.1 Å². The van der Waals surface area contributed by atoms with Crippen LogP contribution in [0.25, 0.3) is 33.6 Å². The number of alkyl carbamates (subject to hydrolysis) is 1. The molecule has 51 heavy (non-hydrogen) atoms. The topological polar surface area (TPSA) is 183 Å². The smallest absolute Gasteiger partial charge is 0.407 e. The third kappa shape index (κ3) is 7.54. The Balaban J connectivity index is 1.11. The van der Waals surface area contributed by atoms with Crippen molar-refractivity contribution in [2.75, 3.05) is 20.2 Å². The van der Waals surface area contributed by atoms with Gasteiger partial charge in [0.1, 0.15) is 23.7 Å². The highest BCUT2D eigenvalue weighted by atomic mass is 16.5. The number of rotatable bonds is 10. The van der Waals surface area contributed by atoms with E-state index in [4.69, 9.17) is 10.5 Å². The van der Waals surface area contributed by atoms with Crippen LogP contribution in [-0.4, -0.2) is 90.6 Å². The number of carbonyl (C=O) groups excluding carboxylic acids is 3. The van der Waals surface area contributed by atoms with Gasteiger partial charge in [0.15, 0.2) is 0 Å². The summed E-state index contributed by atoms with van der Waals surface area (Å²) >= 11 is 0. The number of benzene rings is 2. The SMILES string of the molecule is COC(=O)N[C@H](C(=O)N1CCC[C@H]1c1ncc(-c2ccc(-c3ccc(-c4cnc([C@@H]5CCCN5C(=O)[C@@H](N)C(C)(C)O)[nH]4)cc3)cc2)[nH]1)C(C)C. The van der Waals surface area contributed by atoms with Crippen LogP contribution in [0.1, 0.15) is 77.1 Å². The average Bonchev–Trinajstić information content (AvgIpc) is 3.95. The van der Waals surface area contributed by atoms with E-state index in [0.29, 0.717) is 18.9 Å². The predicted octanol–water partition coefficient (Wildman–Crippen LogP) is 4.94. The number of aliphatic hydroxyl groups is 1. The van der Waals surface area contributed by atoms with Crippen molar-refractivity contribution in [1.29, 1.82) is 0 Å². The molecule has 6 N–H and O–H groups in total. The molecule has 0 radical (unpaired) electrons. The molecule has 3 amide bonds. The number of nitrogens with zero attached hydrogens (tertiary/aromatic N) is 4. The fourth-order valence-corrected chi connectivity index (χ4v) is 6.98. The number of H-pyrrole nitrogens is 2. The number of hydrogen-bond donors (Lipinski definition) is 5. The summed E-state index contributed by atoms with van der Waals surface area (Å²) in [4.78, 5) is 58.1. The summed E-state index contributed by atoms with van der Waals surface area (Å²) in [6, 6.07) is 14.4. The first kappa shape index (κ1) is 35.8. The Morgan fingerprint density at radius 3 is 1.67 bits per heavy atom. The number of nitrogens with two attached hydrogens (primary N) is 1. The molecule has 13 nitrogen and oxygen atoms in total. The molecule has 0 bridgehead atoms. The van der Waals surface area contributed by atoms with Crippen molar-refractivity contribution < 1.29 is 24.2 Å². The zero-order chi connectivity index (χ0) is 36.4. The number of amides is 3. The van der Waals surface area contributed by atoms with Gasteiger partial charge < -0.3 is 40.7 Å². The van der Waals surface area contributed by atoms with Gasteiger partial charge in [-0.2, -0.15) is 0 Å². The fraction of sp³-hybridized carbons (Fsp3) is 0.447. The number of aromatic nitrogens is 4. The number of imidazole rings is 2. The Kier molecular flexibility index (Phi) is 10.3. The zero-order valence-electron chi connectivity index (χ0n) is 29.8. The van der Waals surface area contributed by atoms with Gasteiger partial charge in [-0.15, -0.1) is 0 Å². The highest BCUT2D eigenvalue weighted by molar-refractivity contribution is 5.86. The Morgan fingerprint density at radius 1 is 0.824 bits per heavy atom. The number of likely N-dealkylation sites (tertiary alicyclic amines) is 2. The third-order valence-corrected chi connectivity index (χ3v) is 10.0. The van der Waals surface area contributed by atoms with Crippen LogP contribution in [0.5, 0.6) is 0 Å². The van der Waals surface area contributed by atoms with E-state index in [0.717, 1.165) is 65.1 Å². The van der Waals surface area contributed by atoms with Gasteiger partial charge in [-0.3, -0.25) is 9.59 Å². The first-order valence-electron chi connectivity index (χ1n) is 17.6. The monoisotopic (exact) mass is 696 g/mol. The van der Waals surface area contributed by atoms with Gasteiger partial charge in [0.2, 0.25) is 11.8 Å². The molecule has 2 aliphatic rings. The van der Waals surface area contributed by atoms with Crippen LogP contribution in [0, 0.1) is 5.92 Å². The molecule has 0 saturated carbocycles. The normalized spacial score (nSPS) is 19.0. The van der Waals surface area contributed by atoms with Crippen LogP contribution in [0.4, 0.5) is 4.79 Å². The van der Waals surface area contributed by atoms with Crippen LogP contribution >= 0.6 is 0 Å². The van der Waals surface area contributed by atoms with Crippen molar-refractivity contribution in [3.8, 4) is 33.6 Å². The molecule has 4 atom stereocenters. The van der Waals surface area contributed by atoms with Gasteiger partial charge in [0.05, 0.1) is 48.6 Å². The van der Waals surface area contributed by atoms with E-state index >= 15 is 0 Å². The maximum Gasteiger partial charge on any atom is 0.407 e. The van der Waals surface area contributed by atoms with E-state index in [1.54, 1.807) is 36.0 Å². The Hall–Kier alpha value is -5.01. The molecule has 2 aliphatic heterocycles. The summed E-state index contributed by atoms with van der Waals surface area (Å²) in [5, 5.41) is 13.0. The molecule has 2 aromatic carbocycles. The summed E-state index contributed by atoms with van der Waals surface area (Å²) in [5.74, 6) is 0.923. The van der Waals surface area contributed by atoms with Crippen molar-refractivity contribution in [3.05, 3.63) is 72.6 Å². The first-order chi connectivity index (χ1) is 24.3. The number of hydrogen-bond acceptors (Lipinski definition) is 8. The van der Waals surface area contributed by atoms with Crippen LogP contribution in [0.15, 0.2) is 60.9 Å². The Bertz CT molecular complexity index is 1840. The van der Waals surface area contributed by atoms with Gasteiger partial charge in [0, 0.05) is 13.1 Å². The van der Waals surface area contributed by atoms with E-state index < -0.39 is 23.8 Å². The first-order valence-corrected chi connectivity index (χ1v) is 17.6. The molecule has 13 heteroatoms. The summed E-state index contributed by atoms with van der Waals surface area (Å²) in [6.07, 6.45) is 6.22. The maximum atomic E-state index is 13.5. The molecule has 0 aliphatic carbocycles. The van der Waals surface area contributed by atoms with E-state index in [-0.39, 0.29) is 29.8 Å². The van der Waals surface area contributed by atoms with Gasteiger partial charge >= 0.3 is 6.09 Å². The van der Waals surface area contributed by atoms with Gasteiger partial charge in [-0.25, -0.2) is 14.8 Å². The molecule has 4 aromatic rings. The number of nitrogens with one attached hydrogen (secondary N) is 3. The lowest BCUT2D eigenvalue weighted by molar-refractivity contribution is -0.139. The van der Waals surface area contributed by atoms with Gasteiger partial charge in [0.25, 0.3) is 0 Å². The molecule has 270 valence electrons. The van der Waals surface area contributed by atoms with Crippen LogP contribution in [-0.2, 0) is 14.3 Å². The largest absolute Gasteiger partial charge is 0.453 e. The molecule has 0 unspecified atom stereocenters. The van der Waals surface area contributed by atoms with Gasteiger partial charge in [-0.1, -0.05) is 62.4 Å². The van der Waals surface area contributed by atoms with Crippen LogP contribution < -0.4 is 11.1 Å². The lowest BCUT2D eigenvalue weighted by Gasteiger charge is -2.31. The number of methoxy groups -OCH3 is 1. The van der Waals surface area contributed by atoms with Crippen LogP contribution in [0.2, 0.25) is 0 Å². The van der Waals surface area contributed by atoms with Crippen LogP contribution in [0.3, 0.4) is 0 Å². The summed E-state index contributed by atoms with van der Waals surface area (Å²) < 4.78 is 4.74. The Morgan fingerprint density at radius 2 is 1.25 bits per heavy atom. The average molecular weight is 697 g/mol. The van der Waals surface area contributed by atoms with Crippen molar-refractivity contribution in [1.82, 2.24) is 35.1 Å². The molecule has 2 aromatic heterocycles. The van der Waals surface area contributed by atoms with Crippen molar-refractivity contribution in [2.24, 2.45) is 11.7 Å². The fourth-order valence-electron chi connectivity index (χ4n) is 6.98. The quantitative estimate of drug-likeness (QED) is 0.155. The van der Waals surface area contributed by atoms with Crippen molar-refractivity contribution in [2.45, 2.75) is 83.1 Å². The standard InChI is InChI=1S/C38H48N8O5/c1-22(2)31(44-37(49)51-5)35(47)45-18-6-8-29(45)33-40-20-27(42-33)25-14-10-23(11-15-25)24-12-16-26(17-13-24)28-21-41-34(43-28)30-9-7-19-46(30)36(48)32(39)38(3,4)50/h10-17,20-22,29-32,50H,6-9,18-19,39H2,1-5H3,(H,40,42)(H,41,43)(H,44,49)/t29-,30-,31-,32+/m0/s1. The van der Waals surface area contributed by atoms with Gasteiger partial charge in [-0.05, 0) is 67.7 Å². The van der Waals surface area contributed by atoms with Crippen molar-refractivity contribution >= 4 is 17.9 Å². The molecule has 4 heterocycles. The lowest BCUT2D eigenvalue weighted by atomic mass is 9.98. The number of carbonyl (C=O) groups is 3. The second-order valence-corrected chi connectivity index (χ2v) is 14.4. The molecular formula is C38H48N8O5. The zero-order valence-corrected chi connectivity index (χ0v) is 29.8. The predicted molar refractivity (Wildman–Crippen MR) is 193 cm³/mol. The highest BCUT2D eigenvalue weighted by Crippen LogP contribution is 2.35. The molecule has 2 fully saturated rings. The number of ether oxygens (including phenoxy) is 1. The lowest BCUT2D eigenvalue weighted by Crippen LogP contribution is -2.54. The molecule has 2 saturated heterocycles. The minimum absolute atomic E-state index is 0.101. The second kappa shape index (κ2) is 14.7. The summed E-state index contributed by atoms with van der Waals surface area (Å²) in [7, 11) is 1.29. The minimum atomic E-state index is -1.31. The second-order valence-electron chi connectivity index (χ2n) is 14.4. The maximum absolute atomic E-state index is 13.5. The van der Waals surface area contributed by atoms with E-state index in [1.165, 1.54) is 7.11 Å².